The molecule has 0 radical (unpaired) electrons. The molecule has 1 aliphatic rings. The minimum Gasteiger partial charge on any atom is -0.465 e. The third-order valence-corrected chi connectivity index (χ3v) is 1.21. The van der Waals surface area contributed by atoms with E-state index in [2.05, 4.69) is 4.74 Å². The van der Waals surface area contributed by atoms with Crippen molar-refractivity contribution in [1.82, 2.24) is 4.90 Å². The normalized spacial score (nSPS) is 18.4. The molecule has 0 bridgehead atoms. The minimum atomic E-state index is -1.07. The summed E-state index contributed by atoms with van der Waals surface area (Å²) in [5, 5.41) is 8.37. The third-order valence-electron chi connectivity index (χ3n) is 1.21. The van der Waals surface area contributed by atoms with Crippen LogP contribution in [0.5, 0.6) is 0 Å². The topological polar surface area (TPSA) is 66.8 Å². The van der Waals surface area contributed by atoms with Crippen LogP contribution in [-0.4, -0.2) is 41.8 Å². The third kappa shape index (κ3) is 1.37. The van der Waals surface area contributed by atoms with Gasteiger partial charge in [-0.2, -0.15) is 0 Å². The number of hydrogen-bond donors (Lipinski definition) is 1. The van der Waals surface area contributed by atoms with Gasteiger partial charge in [0.25, 0.3) is 0 Å². The van der Waals surface area contributed by atoms with E-state index in [0.717, 1.165) is 4.90 Å². The number of cyclic esters (lactones) is 1. The van der Waals surface area contributed by atoms with Gasteiger partial charge in [0.15, 0.2) is 0 Å². The zero-order valence-electron chi connectivity index (χ0n) is 5.24. The Morgan fingerprint density at radius 2 is 2.40 bits per heavy atom. The van der Waals surface area contributed by atoms with Crippen molar-refractivity contribution in [1.29, 1.82) is 0 Å². The Kier molecular flexibility index (Phi) is 1.75. The van der Waals surface area contributed by atoms with Crippen LogP contribution in [0.2, 0.25) is 0 Å². The van der Waals surface area contributed by atoms with Gasteiger partial charge >= 0.3 is 12.1 Å². The maximum Gasteiger partial charge on any atom is 0.407 e. The molecular weight excluding hydrogens is 138 g/mol. The number of esters is 1. The summed E-state index contributed by atoms with van der Waals surface area (Å²) in [4.78, 5) is 21.7. The second-order valence-electron chi connectivity index (χ2n) is 1.92. The van der Waals surface area contributed by atoms with Crippen molar-refractivity contribution in [2.75, 3.05) is 19.7 Å². The molecule has 0 aromatic rings. The Hall–Kier alpha value is -1.26. The molecule has 0 spiro atoms. The molecule has 10 heavy (non-hydrogen) atoms. The molecule has 5 heteroatoms. The maximum absolute atomic E-state index is 10.5. The van der Waals surface area contributed by atoms with Gasteiger partial charge in [0.05, 0.1) is 6.54 Å². The van der Waals surface area contributed by atoms with Crippen LogP contribution < -0.4 is 0 Å². The van der Waals surface area contributed by atoms with Gasteiger partial charge in [-0.05, 0) is 0 Å². The van der Waals surface area contributed by atoms with E-state index in [-0.39, 0.29) is 19.7 Å². The molecule has 56 valence electrons. The number of ether oxygens (including phenoxy) is 1. The van der Waals surface area contributed by atoms with E-state index in [0.29, 0.717) is 0 Å². The lowest BCUT2D eigenvalue weighted by Gasteiger charge is -2.22. The highest BCUT2D eigenvalue weighted by Gasteiger charge is 2.21. The minimum absolute atomic E-state index is 0.144. The van der Waals surface area contributed by atoms with Gasteiger partial charge < -0.3 is 9.84 Å². The van der Waals surface area contributed by atoms with E-state index in [9.17, 15) is 9.59 Å². The van der Waals surface area contributed by atoms with Crippen molar-refractivity contribution in [2.24, 2.45) is 0 Å². The predicted molar refractivity (Wildman–Crippen MR) is 30.6 cm³/mol. The van der Waals surface area contributed by atoms with Crippen LogP contribution in [0, 0.1) is 0 Å². The number of carbonyl (C=O) groups is 2. The van der Waals surface area contributed by atoms with Crippen LogP contribution in [0.1, 0.15) is 0 Å². The Labute approximate surface area is 57.2 Å². The molecule has 0 saturated carbocycles. The molecule has 0 aromatic heterocycles. The first-order valence-electron chi connectivity index (χ1n) is 2.83. The Morgan fingerprint density at radius 1 is 1.70 bits per heavy atom. The molecule has 0 atom stereocenters. The highest BCUT2D eigenvalue weighted by Crippen LogP contribution is 1.97. The molecule has 0 aromatic carbocycles. The number of carboxylic acid groups (broad SMARTS) is 1. The summed E-state index contributed by atoms with van der Waals surface area (Å²) < 4.78 is 4.51. The number of hydrogen-bond acceptors (Lipinski definition) is 3. The fourth-order valence-corrected chi connectivity index (χ4v) is 0.713. The molecule has 0 aliphatic carbocycles. The van der Waals surface area contributed by atoms with Crippen LogP contribution >= 0.6 is 0 Å². The van der Waals surface area contributed by atoms with Crippen molar-refractivity contribution in [3.8, 4) is 0 Å². The fraction of sp³-hybridized carbons (Fsp3) is 0.600. The molecule has 1 fully saturated rings. The molecule has 1 heterocycles. The van der Waals surface area contributed by atoms with Gasteiger partial charge in [-0.25, -0.2) is 4.79 Å². The number of rotatable bonds is 0. The molecule has 1 N–H and O–H groups in total. The van der Waals surface area contributed by atoms with Crippen LogP contribution in [-0.2, 0) is 9.53 Å². The first kappa shape index (κ1) is 6.85. The summed E-state index contributed by atoms with van der Waals surface area (Å²) in [6.07, 6.45) is -1.07. The first-order chi connectivity index (χ1) is 4.70. The number of nitrogens with zero attached hydrogens (tertiary/aromatic N) is 1. The SMILES string of the molecule is O=C1CN(C(=O)O)CCO1. The van der Waals surface area contributed by atoms with E-state index < -0.39 is 12.1 Å². The van der Waals surface area contributed by atoms with E-state index in [1.54, 1.807) is 0 Å². The highest BCUT2D eigenvalue weighted by molar-refractivity contribution is 5.78. The van der Waals surface area contributed by atoms with E-state index in [1.807, 2.05) is 0 Å². The van der Waals surface area contributed by atoms with Gasteiger partial charge in [0, 0.05) is 0 Å². The van der Waals surface area contributed by atoms with Gasteiger partial charge in [0.2, 0.25) is 0 Å². The number of morpholine rings is 1. The summed E-state index contributed by atoms with van der Waals surface area (Å²) in [6.45, 7) is 0.307. The summed E-state index contributed by atoms with van der Waals surface area (Å²) >= 11 is 0. The van der Waals surface area contributed by atoms with Crippen LogP contribution in [0.4, 0.5) is 4.79 Å². The average Bonchev–Trinajstić information content (AvgIpc) is 1.88. The zero-order chi connectivity index (χ0) is 7.56. The van der Waals surface area contributed by atoms with E-state index in [4.69, 9.17) is 5.11 Å². The van der Waals surface area contributed by atoms with Crippen molar-refractivity contribution < 1.29 is 19.4 Å². The summed E-state index contributed by atoms with van der Waals surface area (Å²) in [7, 11) is 0. The first-order valence-corrected chi connectivity index (χ1v) is 2.83. The number of amides is 1. The van der Waals surface area contributed by atoms with Crippen molar-refractivity contribution >= 4 is 12.1 Å². The quantitative estimate of drug-likeness (QED) is 0.467. The standard InChI is InChI=1S/C5H7NO4/c7-4-3-6(5(8)9)1-2-10-4/h1-3H2,(H,8,9). The smallest absolute Gasteiger partial charge is 0.407 e. The molecule has 1 aliphatic heterocycles. The molecule has 1 amide bonds. The predicted octanol–water partition coefficient (Wildman–Crippen LogP) is -0.477. The Morgan fingerprint density at radius 3 is 2.80 bits per heavy atom. The maximum atomic E-state index is 10.5. The van der Waals surface area contributed by atoms with Gasteiger partial charge in [0.1, 0.15) is 13.2 Å². The zero-order valence-corrected chi connectivity index (χ0v) is 5.24. The summed E-state index contributed by atoms with van der Waals surface area (Å²) in [5.74, 6) is -0.478. The van der Waals surface area contributed by atoms with Gasteiger partial charge in [-0.3, -0.25) is 9.69 Å². The fourth-order valence-electron chi connectivity index (χ4n) is 0.713. The van der Waals surface area contributed by atoms with Crippen LogP contribution in [0.25, 0.3) is 0 Å². The summed E-state index contributed by atoms with van der Waals surface area (Å²) in [5.41, 5.74) is 0. The highest BCUT2D eigenvalue weighted by atomic mass is 16.5. The second-order valence-corrected chi connectivity index (χ2v) is 1.92. The van der Waals surface area contributed by atoms with Gasteiger partial charge in [-0.15, -0.1) is 0 Å². The Balaban J connectivity index is 2.47. The van der Waals surface area contributed by atoms with Crippen LogP contribution in [0.15, 0.2) is 0 Å². The second kappa shape index (κ2) is 2.55. The lowest BCUT2D eigenvalue weighted by molar-refractivity contribution is -0.149. The molecule has 1 rings (SSSR count). The van der Waals surface area contributed by atoms with E-state index >= 15 is 0 Å². The molecule has 0 unspecified atom stereocenters. The average molecular weight is 145 g/mol. The largest absolute Gasteiger partial charge is 0.465 e. The van der Waals surface area contributed by atoms with Crippen molar-refractivity contribution in [2.45, 2.75) is 0 Å². The Bertz CT molecular complexity index is 165. The number of carbonyl (C=O) groups excluding carboxylic acids is 1. The van der Waals surface area contributed by atoms with Crippen LogP contribution in [0.3, 0.4) is 0 Å². The molecule has 1 saturated heterocycles. The lowest BCUT2D eigenvalue weighted by atomic mass is 10.4. The van der Waals surface area contributed by atoms with Crippen molar-refractivity contribution in [3.05, 3.63) is 0 Å². The van der Waals surface area contributed by atoms with Gasteiger partial charge in [-0.1, -0.05) is 0 Å². The lowest BCUT2D eigenvalue weighted by Crippen LogP contribution is -2.42. The summed E-state index contributed by atoms with van der Waals surface area (Å²) in [6, 6.07) is 0. The molecule has 5 nitrogen and oxygen atoms in total. The van der Waals surface area contributed by atoms with Crippen molar-refractivity contribution in [3.63, 3.8) is 0 Å². The molecular formula is C5H7NO4. The monoisotopic (exact) mass is 145 g/mol. The van der Waals surface area contributed by atoms with E-state index in [1.165, 1.54) is 0 Å².